The maximum atomic E-state index is 12.4. The number of amides is 2. The molecule has 0 radical (unpaired) electrons. The fourth-order valence-electron chi connectivity index (χ4n) is 2.90. The molecule has 0 bridgehead atoms. The van der Waals surface area contributed by atoms with E-state index in [1.807, 2.05) is 6.07 Å². The topological polar surface area (TPSA) is 96.0 Å². The van der Waals surface area contributed by atoms with Crippen LogP contribution in [-0.4, -0.2) is 34.1 Å². The lowest BCUT2D eigenvalue weighted by Gasteiger charge is -2.17. The summed E-state index contributed by atoms with van der Waals surface area (Å²) in [5.74, 6) is 0.850. The number of aromatic nitrogens is 2. The van der Waals surface area contributed by atoms with Crippen molar-refractivity contribution in [2.24, 2.45) is 0 Å². The molecule has 0 aliphatic carbocycles. The molecule has 4 rings (SSSR count). The van der Waals surface area contributed by atoms with Crippen LogP contribution in [0.5, 0.6) is 0 Å². The molecule has 1 unspecified atom stereocenters. The molecule has 2 aliphatic heterocycles. The van der Waals surface area contributed by atoms with Crippen molar-refractivity contribution in [1.29, 1.82) is 0 Å². The summed E-state index contributed by atoms with van der Waals surface area (Å²) in [6.45, 7) is 0.979. The highest BCUT2D eigenvalue weighted by Gasteiger charge is 2.20. The number of benzene rings is 1. The van der Waals surface area contributed by atoms with E-state index in [1.165, 1.54) is 11.8 Å². The van der Waals surface area contributed by atoms with Crippen LogP contribution in [0.4, 0.5) is 11.4 Å². The van der Waals surface area contributed by atoms with Gasteiger partial charge < -0.3 is 16.0 Å². The van der Waals surface area contributed by atoms with Gasteiger partial charge in [0, 0.05) is 23.0 Å². The molecule has 0 saturated carbocycles. The second-order valence-corrected chi connectivity index (χ2v) is 7.00. The van der Waals surface area contributed by atoms with Crippen LogP contribution in [0.25, 0.3) is 0 Å². The lowest BCUT2D eigenvalue weighted by molar-refractivity contribution is -0.113. The fraction of sp³-hybridized carbons (Fsp3) is 0.294. The van der Waals surface area contributed by atoms with Gasteiger partial charge in [-0.25, -0.2) is 9.97 Å². The quantitative estimate of drug-likeness (QED) is 0.781. The number of nitrogens with zero attached hydrogens (tertiary/aromatic N) is 2. The summed E-state index contributed by atoms with van der Waals surface area (Å²) in [5, 5.41) is 8.99. The largest absolute Gasteiger partial charge is 0.324 e. The highest BCUT2D eigenvalue weighted by Crippen LogP contribution is 2.33. The molecular weight excluding hydrogens is 338 g/mol. The van der Waals surface area contributed by atoms with E-state index in [9.17, 15) is 9.59 Å². The molecule has 2 aromatic rings. The third-order valence-electron chi connectivity index (χ3n) is 4.18. The Hall–Kier alpha value is -2.45. The monoisotopic (exact) mass is 355 g/mol. The third kappa shape index (κ3) is 3.49. The first-order valence-corrected chi connectivity index (χ1v) is 9.11. The second-order valence-electron chi connectivity index (χ2n) is 5.98. The van der Waals surface area contributed by atoms with Gasteiger partial charge in [0.15, 0.2) is 0 Å². The number of fused-ring (bicyclic) bond motifs is 1. The number of anilines is 2. The smallest absolute Gasteiger partial charge is 0.258 e. The lowest BCUT2D eigenvalue weighted by Crippen LogP contribution is -2.19. The number of carbonyl (C=O) groups excluding carboxylic acids is 2. The molecule has 0 spiro atoms. The molecule has 128 valence electrons. The third-order valence-corrected chi connectivity index (χ3v) is 5.23. The molecule has 1 atom stereocenters. The van der Waals surface area contributed by atoms with E-state index >= 15 is 0 Å². The summed E-state index contributed by atoms with van der Waals surface area (Å²) in [6, 6.07) is 5.60. The van der Waals surface area contributed by atoms with Gasteiger partial charge in [-0.15, -0.1) is 11.8 Å². The Balaban J connectivity index is 1.45. The highest BCUT2D eigenvalue weighted by atomic mass is 32.2. The predicted molar refractivity (Wildman–Crippen MR) is 95.8 cm³/mol. The minimum Gasteiger partial charge on any atom is -0.324 e. The highest BCUT2D eigenvalue weighted by molar-refractivity contribution is 8.00. The zero-order chi connectivity index (χ0) is 17.2. The van der Waals surface area contributed by atoms with Crippen molar-refractivity contribution >= 4 is 35.0 Å². The second kappa shape index (κ2) is 6.81. The van der Waals surface area contributed by atoms with Crippen molar-refractivity contribution in [2.45, 2.75) is 23.8 Å². The molecular formula is C17H17N5O2S. The standard InChI is InChI=1S/C17H17N5O2S/c23-15-9-25-14-6-11(3-4-12(14)22-15)21-17(24)10-7-19-16(20-8-10)13-2-1-5-18-13/h3-4,6-8,13,18H,1-2,5,9H2,(H,21,24)(H,22,23). The molecule has 1 aromatic carbocycles. The van der Waals surface area contributed by atoms with E-state index in [1.54, 1.807) is 24.5 Å². The van der Waals surface area contributed by atoms with Crippen LogP contribution in [0.2, 0.25) is 0 Å². The SMILES string of the molecule is O=C1CSc2cc(NC(=O)c3cnc(C4CCCN4)nc3)ccc2N1. The van der Waals surface area contributed by atoms with Crippen LogP contribution in [0.15, 0.2) is 35.5 Å². The Labute approximate surface area is 149 Å². The number of nitrogens with one attached hydrogen (secondary N) is 3. The molecule has 7 nitrogen and oxygen atoms in total. The van der Waals surface area contributed by atoms with Gasteiger partial charge in [-0.1, -0.05) is 0 Å². The molecule has 2 aliphatic rings. The van der Waals surface area contributed by atoms with Crippen LogP contribution in [-0.2, 0) is 4.79 Å². The van der Waals surface area contributed by atoms with Crippen LogP contribution < -0.4 is 16.0 Å². The maximum absolute atomic E-state index is 12.4. The number of rotatable bonds is 3. The van der Waals surface area contributed by atoms with Gasteiger partial charge in [-0.2, -0.15) is 0 Å². The molecule has 2 amide bonds. The average Bonchev–Trinajstić information content (AvgIpc) is 3.17. The molecule has 1 fully saturated rings. The number of hydrogen-bond donors (Lipinski definition) is 3. The van der Waals surface area contributed by atoms with E-state index in [2.05, 4.69) is 25.9 Å². The normalized spacial score (nSPS) is 19.2. The van der Waals surface area contributed by atoms with Crippen LogP contribution in [0, 0.1) is 0 Å². The van der Waals surface area contributed by atoms with Gasteiger partial charge >= 0.3 is 0 Å². The van der Waals surface area contributed by atoms with Crippen molar-refractivity contribution in [3.8, 4) is 0 Å². The Bertz CT molecular complexity index is 818. The van der Waals surface area contributed by atoms with Crippen molar-refractivity contribution in [2.75, 3.05) is 22.9 Å². The van der Waals surface area contributed by atoms with Gasteiger partial charge in [-0.05, 0) is 37.6 Å². The summed E-state index contributed by atoms with van der Waals surface area (Å²) >= 11 is 1.45. The van der Waals surface area contributed by atoms with Crippen molar-refractivity contribution < 1.29 is 9.59 Å². The fourth-order valence-corrected chi connectivity index (χ4v) is 3.74. The Morgan fingerprint density at radius 3 is 2.88 bits per heavy atom. The van der Waals surface area contributed by atoms with Crippen LogP contribution in [0.3, 0.4) is 0 Å². The lowest BCUT2D eigenvalue weighted by atomic mass is 10.2. The van der Waals surface area contributed by atoms with E-state index in [-0.39, 0.29) is 17.9 Å². The van der Waals surface area contributed by atoms with Crippen LogP contribution in [0.1, 0.15) is 35.1 Å². The van der Waals surface area contributed by atoms with Crippen molar-refractivity contribution in [3.63, 3.8) is 0 Å². The summed E-state index contributed by atoms with van der Waals surface area (Å²) < 4.78 is 0. The molecule has 25 heavy (non-hydrogen) atoms. The summed E-state index contributed by atoms with van der Waals surface area (Å²) in [4.78, 5) is 33.3. The van der Waals surface area contributed by atoms with E-state index < -0.39 is 0 Å². The summed E-state index contributed by atoms with van der Waals surface area (Å²) in [5.41, 5.74) is 1.87. The average molecular weight is 355 g/mol. The summed E-state index contributed by atoms with van der Waals surface area (Å²) in [6.07, 6.45) is 5.26. The van der Waals surface area contributed by atoms with E-state index in [0.717, 1.165) is 35.8 Å². The molecule has 3 N–H and O–H groups in total. The van der Waals surface area contributed by atoms with Crippen molar-refractivity contribution in [1.82, 2.24) is 15.3 Å². The van der Waals surface area contributed by atoms with Gasteiger partial charge in [-0.3, -0.25) is 9.59 Å². The number of thioether (sulfide) groups is 1. The van der Waals surface area contributed by atoms with Gasteiger partial charge in [0.1, 0.15) is 5.82 Å². The Kier molecular flexibility index (Phi) is 4.37. The first-order chi connectivity index (χ1) is 12.2. The van der Waals surface area contributed by atoms with Gasteiger partial charge in [0.05, 0.1) is 23.0 Å². The number of hydrogen-bond acceptors (Lipinski definition) is 6. The Morgan fingerprint density at radius 2 is 2.12 bits per heavy atom. The number of carbonyl (C=O) groups is 2. The van der Waals surface area contributed by atoms with Crippen molar-refractivity contribution in [3.05, 3.63) is 42.0 Å². The maximum Gasteiger partial charge on any atom is 0.258 e. The van der Waals surface area contributed by atoms with E-state index in [4.69, 9.17) is 0 Å². The van der Waals surface area contributed by atoms with Crippen LogP contribution >= 0.6 is 11.8 Å². The molecule has 1 aromatic heterocycles. The van der Waals surface area contributed by atoms with Gasteiger partial charge in [0.2, 0.25) is 5.91 Å². The minimum absolute atomic E-state index is 0.0109. The molecule has 1 saturated heterocycles. The first kappa shape index (κ1) is 16.0. The predicted octanol–water partition coefficient (Wildman–Crippen LogP) is 2.20. The zero-order valence-electron chi connectivity index (χ0n) is 13.4. The van der Waals surface area contributed by atoms with Gasteiger partial charge in [0.25, 0.3) is 5.91 Å². The molecule has 3 heterocycles. The first-order valence-electron chi connectivity index (χ1n) is 8.12. The van der Waals surface area contributed by atoms with E-state index in [0.29, 0.717) is 17.0 Å². The molecule has 8 heteroatoms. The minimum atomic E-state index is -0.254. The Morgan fingerprint density at radius 1 is 1.28 bits per heavy atom. The zero-order valence-corrected chi connectivity index (χ0v) is 14.2. The summed E-state index contributed by atoms with van der Waals surface area (Å²) in [7, 11) is 0.